The van der Waals surface area contributed by atoms with Gasteiger partial charge in [-0.15, -0.1) is 0 Å². The van der Waals surface area contributed by atoms with Crippen LogP contribution in [0.5, 0.6) is 0 Å². The molecule has 1 spiro atoms. The predicted molar refractivity (Wildman–Crippen MR) is 87.8 cm³/mol. The molecule has 0 aliphatic carbocycles. The highest BCUT2D eigenvalue weighted by molar-refractivity contribution is 5.81. The van der Waals surface area contributed by atoms with E-state index >= 15 is 0 Å². The Morgan fingerprint density at radius 2 is 2.43 bits per heavy atom. The van der Waals surface area contributed by atoms with Crippen molar-refractivity contribution in [1.29, 1.82) is 0 Å². The largest absolute Gasteiger partial charge is 0.355 e. The first-order chi connectivity index (χ1) is 11.1. The molecule has 2 saturated heterocycles. The SMILES string of the molecule is CN=C(NCc1ccnc(C)n1)N1CCCC2(CNC(=O)C2)C1. The van der Waals surface area contributed by atoms with E-state index in [0.29, 0.717) is 13.0 Å². The van der Waals surface area contributed by atoms with Gasteiger partial charge in [0.2, 0.25) is 5.91 Å². The lowest BCUT2D eigenvalue weighted by Gasteiger charge is -2.40. The number of piperidine rings is 1. The van der Waals surface area contributed by atoms with E-state index in [4.69, 9.17) is 0 Å². The van der Waals surface area contributed by atoms with Crippen molar-refractivity contribution < 1.29 is 4.79 Å². The summed E-state index contributed by atoms with van der Waals surface area (Å²) >= 11 is 0. The number of rotatable bonds is 2. The molecule has 3 heterocycles. The summed E-state index contributed by atoms with van der Waals surface area (Å²) in [6.45, 7) is 5.13. The second-order valence-corrected chi connectivity index (χ2v) is 6.47. The Hall–Kier alpha value is -2.18. The average Bonchev–Trinajstić information content (AvgIpc) is 2.88. The molecule has 1 aromatic heterocycles. The average molecular weight is 316 g/mol. The number of nitrogens with zero attached hydrogens (tertiary/aromatic N) is 4. The van der Waals surface area contributed by atoms with E-state index in [1.807, 2.05) is 13.0 Å². The smallest absolute Gasteiger partial charge is 0.220 e. The highest BCUT2D eigenvalue weighted by Crippen LogP contribution is 2.35. The monoisotopic (exact) mass is 316 g/mol. The number of amides is 1. The van der Waals surface area contributed by atoms with Crippen LogP contribution in [0.2, 0.25) is 0 Å². The van der Waals surface area contributed by atoms with Crippen molar-refractivity contribution >= 4 is 11.9 Å². The molecular weight excluding hydrogens is 292 g/mol. The van der Waals surface area contributed by atoms with Crippen molar-refractivity contribution in [1.82, 2.24) is 25.5 Å². The van der Waals surface area contributed by atoms with Gasteiger partial charge in [0.1, 0.15) is 5.82 Å². The van der Waals surface area contributed by atoms with E-state index in [-0.39, 0.29) is 11.3 Å². The van der Waals surface area contributed by atoms with Gasteiger partial charge in [-0.3, -0.25) is 9.79 Å². The maximum atomic E-state index is 11.6. The molecule has 1 amide bonds. The van der Waals surface area contributed by atoms with Crippen LogP contribution >= 0.6 is 0 Å². The molecule has 1 atom stereocenters. The quantitative estimate of drug-likeness (QED) is 0.612. The second kappa shape index (κ2) is 6.52. The maximum Gasteiger partial charge on any atom is 0.220 e. The van der Waals surface area contributed by atoms with Gasteiger partial charge in [-0.05, 0) is 25.8 Å². The molecule has 0 bridgehead atoms. The molecule has 7 nitrogen and oxygen atoms in total. The standard InChI is InChI=1S/C16H24N6O/c1-12-18-6-4-13(21-12)9-19-15(17-2)22-7-3-5-16(11-22)8-14(23)20-10-16/h4,6H,3,5,7-11H2,1-2H3,(H,17,19)(H,20,23). The molecule has 0 saturated carbocycles. The van der Waals surface area contributed by atoms with Crippen molar-refractivity contribution in [3.05, 3.63) is 23.8 Å². The highest BCUT2D eigenvalue weighted by Gasteiger charge is 2.42. The van der Waals surface area contributed by atoms with E-state index in [9.17, 15) is 4.79 Å². The van der Waals surface area contributed by atoms with Crippen LogP contribution in [0.15, 0.2) is 17.3 Å². The number of aryl methyl sites for hydroxylation is 1. The number of likely N-dealkylation sites (tertiary alicyclic amines) is 1. The fraction of sp³-hybridized carbons (Fsp3) is 0.625. The Balaban J connectivity index is 1.63. The number of hydrogen-bond donors (Lipinski definition) is 2. The number of aromatic nitrogens is 2. The Kier molecular flexibility index (Phi) is 4.45. The Morgan fingerprint density at radius 1 is 1.57 bits per heavy atom. The highest BCUT2D eigenvalue weighted by atomic mass is 16.1. The number of nitrogens with one attached hydrogen (secondary N) is 2. The van der Waals surface area contributed by atoms with Gasteiger partial charge in [0, 0.05) is 44.7 Å². The van der Waals surface area contributed by atoms with E-state index in [2.05, 4.69) is 30.5 Å². The first-order valence-corrected chi connectivity index (χ1v) is 8.11. The minimum Gasteiger partial charge on any atom is -0.355 e. The lowest BCUT2D eigenvalue weighted by Crippen LogP contribution is -2.51. The Labute approximate surface area is 136 Å². The summed E-state index contributed by atoms with van der Waals surface area (Å²) < 4.78 is 0. The first kappa shape index (κ1) is 15.7. The number of carbonyl (C=O) groups excluding carboxylic acids is 1. The van der Waals surface area contributed by atoms with E-state index in [0.717, 1.165) is 50.0 Å². The first-order valence-electron chi connectivity index (χ1n) is 8.11. The van der Waals surface area contributed by atoms with Crippen LogP contribution in [0.1, 0.15) is 30.8 Å². The molecule has 1 aromatic rings. The van der Waals surface area contributed by atoms with Crippen molar-refractivity contribution in [2.75, 3.05) is 26.7 Å². The summed E-state index contributed by atoms with van der Waals surface area (Å²) in [5, 5.41) is 6.36. The van der Waals surface area contributed by atoms with Gasteiger partial charge in [-0.2, -0.15) is 0 Å². The van der Waals surface area contributed by atoms with Crippen LogP contribution in [-0.2, 0) is 11.3 Å². The second-order valence-electron chi connectivity index (χ2n) is 6.47. The molecule has 7 heteroatoms. The van der Waals surface area contributed by atoms with Gasteiger partial charge in [-0.25, -0.2) is 9.97 Å². The van der Waals surface area contributed by atoms with Gasteiger partial charge in [0.25, 0.3) is 0 Å². The zero-order valence-corrected chi connectivity index (χ0v) is 13.8. The van der Waals surface area contributed by atoms with Crippen molar-refractivity contribution in [2.24, 2.45) is 10.4 Å². The van der Waals surface area contributed by atoms with Crippen LogP contribution in [0.3, 0.4) is 0 Å². The van der Waals surface area contributed by atoms with Crippen LogP contribution in [0.4, 0.5) is 0 Å². The molecule has 0 radical (unpaired) electrons. The molecule has 2 fully saturated rings. The van der Waals surface area contributed by atoms with Crippen LogP contribution in [0, 0.1) is 12.3 Å². The summed E-state index contributed by atoms with van der Waals surface area (Å²) in [5.41, 5.74) is 1.02. The number of aliphatic imine (C=N–C) groups is 1. The molecule has 2 aliphatic heterocycles. The lowest BCUT2D eigenvalue weighted by atomic mass is 9.79. The topological polar surface area (TPSA) is 82.5 Å². The molecular formula is C16H24N6O. The molecule has 2 N–H and O–H groups in total. The molecule has 23 heavy (non-hydrogen) atoms. The third-order valence-electron chi connectivity index (χ3n) is 4.63. The number of hydrogen-bond acceptors (Lipinski definition) is 4. The lowest BCUT2D eigenvalue weighted by molar-refractivity contribution is -0.119. The number of carbonyl (C=O) groups is 1. The van der Waals surface area contributed by atoms with Gasteiger partial charge in [-0.1, -0.05) is 0 Å². The van der Waals surface area contributed by atoms with E-state index in [1.165, 1.54) is 0 Å². The van der Waals surface area contributed by atoms with Gasteiger partial charge < -0.3 is 15.5 Å². The van der Waals surface area contributed by atoms with Crippen LogP contribution < -0.4 is 10.6 Å². The minimum absolute atomic E-state index is 0.0679. The van der Waals surface area contributed by atoms with Crippen molar-refractivity contribution in [3.8, 4) is 0 Å². The third-order valence-corrected chi connectivity index (χ3v) is 4.63. The van der Waals surface area contributed by atoms with E-state index < -0.39 is 0 Å². The van der Waals surface area contributed by atoms with Gasteiger partial charge >= 0.3 is 0 Å². The molecule has 0 aromatic carbocycles. The van der Waals surface area contributed by atoms with Gasteiger partial charge in [0.15, 0.2) is 5.96 Å². The summed E-state index contributed by atoms with van der Waals surface area (Å²) in [7, 11) is 1.80. The zero-order chi connectivity index (χ0) is 16.3. The molecule has 3 rings (SSSR count). The fourth-order valence-corrected chi connectivity index (χ4v) is 3.53. The van der Waals surface area contributed by atoms with E-state index in [1.54, 1.807) is 13.2 Å². The Morgan fingerprint density at radius 3 is 3.13 bits per heavy atom. The summed E-state index contributed by atoms with van der Waals surface area (Å²) in [4.78, 5) is 26.8. The summed E-state index contributed by atoms with van der Waals surface area (Å²) in [6.07, 6.45) is 4.59. The fourth-order valence-electron chi connectivity index (χ4n) is 3.53. The van der Waals surface area contributed by atoms with Crippen LogP contribution in [-0.4, -0.2) is 53.4 Å². The Bertz CT molecular complexity index is 616. The summed E-state index contributed by atoms with van der Waals surface area (Å²) in [6, 6.07) is 1.91. The third kappa shape index (κ3) is 3.60. The normalized spacial score (nSPS) is 24.9. The zero-order valence-electron chi connectivity index (χ0n) is 13.8. The van der Waals surface area contributed by atoms with Crippen molar-refractivity contribution in [2.45, 2.75) is 32.7 Å². The minimum atomic E-state index is 0.0679. The molecule has 1 unspecified atom stereocenters. The predicted octanol–water partition coefficient (Wildman–Crippen LogP) is 0.463. The van der Waals surface area contributed by atoms with Gasteiger partial charge in [0.05, 0.1) is 12.2 Å². The van der Waals surface area contributed by atoms with Crippen LogP contribution in [0.25, 0.3) is 0 Å². The maximum absolute atomic E-state index is 11.6. The number of guanidine groups is 1. The summed E-state index contributed by atoms with van der Waals surface area (Å²) in [5.74, 6) is 1.82. The molecule has 2 aliphatic rings. The van der Waals surface area contributed by atoms with Crippen molar-refractivity contribution in [3.63, 3.8) is 0 Å². The molecule has 124 valence electrons.